The molecule has 1 fully saturated rings. The molecule has 1 aliphatic heterocycles. The highest BCUT2D eigenvalue weighted by Crippen LogP contribution is 2.46. The van der Waals surface area contributed by atoms with E-state index in [1.165, 1.54) is 42.0 Å². The number of nitrogens with two attached hydrogens (primary N) is 1. The molecule has 232 valence electrons. The minimum absolute atomic E-state index is 0.0837. The fraction of sp³-hybridized carbons (Fsp3) is 0.481. The lowest BCUT2D eigenvalue weighted by atomic mass is 9.93. The van der Waals surface area contributed by atoms with Crippen LogP contribution in [0.4, 0.5) is 5.82 Å². The van der Waals surface area contributed by atoms with Gasteiger partial charge in [0.15, 0.2) is 5.82 Å². The molecular weight excluding hydrogens is 581 g/mol. The van der Waals surface area contributed by atoms with Crippen molar-refractivity contribution >= 4 is 25.1 Å². The molecule has 1 aliphatic rings. The fourth-order valence-corrected chi connectivity index (χ4v) is 6.09. The number of fused-ring (bicyclic) bond motifs is 1. The average molecular weight is 618 g/mol. The van der Waals surface area contributed by atoms with Gasteiger partial charge in [-0.2, -0.15) is 15.4 Å². The van der Waals surface area contributed by atoms with Crippen molar-refractivity contribution in [1.29, 1.82) is 5.26 Å². The van der Waals surface area contributed by atoms with Crippen LogP contribution in [-0.4, -0.2) is 93.4 Å². The number of hydrogen-bond donors (Lipinski definition) is 4. The van der Waals surface area contributed by atoms with Crippen LogP contribution in [-0.2, 0) is 23.4 Å². The number of nitrogens with zero attached hydrogens (tertiary/aromatic N) is 5. The Morgan fingerprint density at radius 1 is 1.26 bits per heavy atom. The van der Waals surface area contributed by atoms with Crippen LogP contribution in [0.5, 0.6) is 5.75 Å². The molecule has 4 rings (SSSR count). The van der Waals surface area contributed by atoms with Gasteiger partial charge in [-0.1, -0.05) is 18.2 Å². The maximum absolute atomic E-state index is 14.0. The zero-order valence-corrected chi connectivity index (χ0v) is 25.0. The van der Waals surface area contributed by atoms with Gasteiger partial charge in [0.2, 0.25) is 5.60 Å². The van der Waals surface area contributed by atoms with Crippen molar-refractivity contribution < 1.29 is 38.1 Å². The number of nitrogens with one attached hydrogen (secondary N) is 1. The van der Waals surface area contributed by atoms with E-state index < -0.39 is 44.2 Å². The minimum atomic E-state index is -4.44. The molecule has 3 aromatic rings. The maximum Gasteiger partial charge on any atom is 0.459 e. The van der Waals surface area contributed by atoms with Crippen molar-refractivity contribution in [2.45, 2.75) is 49.7 Å². The lowest BCUT2D eigenvalue weighted by Crippen LogP contribution is -2.50. The number of benzene rings is 1. The van der Waals surface area contributed by atoms with Crippen LogP contribution in [0, 0.1) is 11.3 Å². The molecule has 1 unspecified atom stereocenters. The lowest BCUT2D eigenvalue weighted by molar-refractivity contribution is -0.152. The SMILES string of the molecule is CO[C@](C#N)(COP(=O)(N[C@@H](C)C(=O)OC1CCN(C)CC1)Oc1ccccc1)[C@@H](O)[C@@H](O)c1ccc2c(N)ncnn12. The Hall–Kier alpha value is -3.61. The summed E-state index contributed by atoms with van der Waals surface area (Å²) in [4.78, 5) is 18.9. The summed E-state index contributed by atoms with van der Waals surface area (Å²) in [6, 6.07) is 11.7. The van der Waals surface area contributed by atoms with Gasteiger partial charge in [0.25, 0.3) is 0 Å². The molecule has 1 aromatic carbocycles. The summed E-state index contributed by atoms with van der Waals surface area (Å²) in [7, 11) is -1.33. The van der Waals surface area contributed by atoms with Crippen molar-refractivity contribution in [3.63, 3.8) is 0 Å². The van der Waals surface area contributed by atoms with Crippen LogP contribution in [0.1, 0.15) is 31.6 Å². The second-order valence-electron chi connectivity index (χ2n) is 10.3. The van der Waals surface area contributed by atoms with Crippen molar-refractivity contribution in [3.05, 3.63) is 54.5 Å². The maximum atomic E-state index is 14.0. The molecular formula is C27H36N7O8P. The summed E-state index contributed by atoms with van der Waals surface area (Å²) in [6.45, 7) is 2.16. The number of aromatic nitrogens is 3. The molecule has 43 heavy (non-hydrogen) atoms. The third kappa shape index (κ3) is 7.49. The normalized spacial score (nSPS) is 19.4. The molecule has 0 bridgehead atoms. The topological polar surface area (TPSA) is 207 Å². The van der Waals surface area contributed by atoms with Crippen molar-refractivity contribution in [2.24, 2.45) is 0 Å². The van der Waals surface area contributed by atoms with Gasteiger partial charge in [0.1, 0.15) is 54.6 Å². The van der Waals surface area contributed by atoms with Crippen LogP contribution >= 0.6 is 7.75 Å². The highest BCUT2D eigenvalue weighted by atomic mass is 31.2. The van der Waals surface area contributed by atoms with E-state index >= 15 is 0 Å². The van der Waals surface area contributed by atoms with E-state index in [2.05, 4.69) is 20.1 Å². The summed E-state index contributed by atoms with van der Waals surface area (Å²) < 4.78 is 37.5. The van der Waals surface area contributed by atoms with Crippen molar-refractivity contribution in [1.82, 2.24) is 24.6 Å². The molecule has 3 heterocycles. The molecule has 15 nitrogen and oxygen atoms in total. The van der Waals surface area contributed by atoms with Crippen molar-refractivity contribution in [3.8, 4) is 11.8 Å². The van der Waals surface area contributed by atoms with Gasteiger partial charge < -0.3 is 34.8 Å². The molecule has 0 saturated carbocycles. The van der Waals surface area contributed by atoms with Gasteiger partial charge in [0, 0.05) is 20.2 Å². The molecule has 5 N–H and O–H groups in total. The first-order valence-corrected chi connectivity index (χ1v) is 15.1. The number of likely N-dealkylation sites (tertiary alicyclic amines) is 1. The predicted octanol–water partition coefficient (Wildman–Crippen LogP) is 1.43. The molecule has 0 aliphatic carbocycles. The standard InChI is InChI=1S/C27H36N7O8P/c1-18(26(37)41-19-11-13-33(2)14-12-19)32-43(38,42-20-7-5-4-6-8-20)40-16-27(15-28,39-3)24(36)23(35)21-9-10-22-25(29)30-17-31-34(21)22/h4-10,17-19,23-24,35-36H,11-14,16H2,1-3H3,(H,32,38)(H2,29,30,31)/t18-,23-,24-,27+,43?/m0/s1. The Kier molecular flexibility index (Phi) is 10.4. The Labute approximate surface area is 248 Å². The van der Waals surface area contributed by atoms with Gasteiger partial charge in [0.05, 0.1) is 5.69 Å². The first-order chi connectivity index (χ1) is 20.5. The van der Waals surface area contributed by atoms with Gasteiger partial charge in [-0.3, -0.25) is 9.32 Å². The van der Waals surface area contributed by atoms with Crippen LogP contribution in [0.15, 0.2) is 48.8 Å². The van der Waals surface area contributed by atoms with E-state index in [4.69, 9.17) is 24.3 Å². The van der Waals surface area contributed by atoms with Crippen LogP contribution in [0.25, 0.3) is 5.52 Å². The number of carbonyl (C=O) groups excluding carboxylic acids is 1. The lowest BCUT2D eigenvalue weighted by Gasteiger charge is -2.34. The van der Waals surface area contributed by atoms with E-state index in [1.54, 1.807) is 18.2 Å². The quantitative estimate of drug-likeness (QED) is 0.158. The van der Waals surface area contributed by atoms with Gasteiger partial charge >= 0.3 is 13.7 Å². The molecule has 0 amide bonds. The minimum Gasteiger partial charge on any atom is -0.461 e. The number of piperidine rings is 1. The zero-order chi connectivity index (χ0) is 31.2. The molecule has 5 atom stereocenters. The van der Waals surface area contributed by atoms with Gasteiger partial charge in [-0.05, 0) is 51.1 Å². The molecule has 16 heteroatoms. The van der Waals surface area contributed by atoms with E-state index in [-0.39, 0.29) is 23.4 Å². The van der Waals surface area contributed by atoms with Gasteiger partial charge in [-0.25, -0.2) is 14.1 Å². The zero-order valence-electron chi connectivity index (χ0n) is 24.1. The van der Waals surface area contributed by atoms with E-state index in [1.807, 2.05) is 13.1 Å². The number of nitriles is 1. The Morgan fingerprint density at radius 3 is 2.60 bits per heavy atom. The van der Waals surface area contributed by atoms with Crippen molar-refractivity contribution in [2.75, 3.05) is 39.6 Å². The third-order valence-electron chi connectivity index (χ3n) is 7.22. The number of methoxy groups -OCH3 is 1. The third-order valence-corrected chi connectivity index (χ3v) is 8.84. The summed E-state index contributed by atoms with van der Waals surface area (Å²) in [5.41, 5.74) is 4.06. The Morgan fingerprint density at radius 2 is 1.95 bits per heavy atom. The number of aliphatic hydroxyl groups is 2. The number of esters is 1. The Balaban J connectivity index is 1.53. The molecule has 1 saturated heterocycles. The van der Waals surface area contributed by atoms with E-state index in [0.29, 0.717) is 18.4 Å². The van der Waals surface area contributed by atoms with E-state index in [0.717, 1.165) is 20.2 Å². The highest BCUT2D eigenvalue weighted by Gasteiger charge is 2.47. The first kappa shape index (κ1) is 32.3. The molecule has 0 spiro atoms. The van der Waals surface area contributed by atoms with Crippen LogP contribution < -0.4 is 15.3 Å². The average Bonchev–Trinajstić information content (AvgIpc) is 3.44. The monoisotopic (exact) mass is 617 g/mol. The summed E-state index contributed by atoms with van der Waals surface area (Å²) in [6.07, 6.45) is -1.45. The number of carbonyl (C=O) groups is 1. The number of ether oxygens (including phenoxy) is 2. The smallest absolute Gasteiger partial charge is 0.459 e. The molecule has 2 aromatic heterocycles. The Bertz CT molecular complexity index is 1480. The number of aliphatic hydroxyl groups excluding tert-OH is 2. The number of rotatable bonds is 13. The van der Waals surface area contributed by atoms with Crippen LogP contribution in [0.3, 0.4) is 0 Å². The summed E-state index contributed by atoms with van der Waals surface area (Å²) >= 11 is 0. The number of nitrogen functional groups attached to an aromatic ring is 1. The summed E-state index contributed by atoms with van der Waals surface area (Å²) in [5, 5.41) is 39.0. The van der Waals surface area contributed by atoms with E-state index in [9.17, 15) is 24.8 Å². The number of para-hydroxylation sites is 1. The number of anilines is 1. The predicted molar refractivity (Wildman–Crippen MR) is 154 cm³/mol. The number of hydrogen-bond acceptors (Lipinski definition) is 13. The highest BCUT2D eigenvalue weighted by molar-refractivity contribution is 7.52. The largest absolute Gasteiger partial charge is 0.461 e. The second-order valence-corrected chi connectivity index (χ2v) is 12.0. The fourth-order valence-electron chi connectivity index (χ4n) is 4.57. The molecule has 0 radical (unpaired) electrons. The van der Waals surface area contributed by atoms with Crippen LogP contribution in [0.2, 0.25) is 0 Å². The first-order valence-electron chi connectivity index (χ1n) is 13.6. The summed E-state index contributed by atoms with van der Waals surface area (Å²) in [5.74, 6) is -0.380. The van der Waals surface area contributed by atoms with Gasteiger partial charge in [-0.15, -0.1) is 0 Å². The second kappa shape index (κ2) is 13.8.